The van der Waals surface area contributed by atoms with E-state index in [0.717, 1.165) is 11.6 Å². The Labute approximate surface area is 111 Å². The molecule has 0 aliphatic rings. The smallest absolute Gasteiger partial charge is 0.264 e. The Morgan fingerprint density at radius 1 is 1.21 bits per heavy atom. The predicted octanol–water partition coefficient (Wildman–Crippen LogP) is 1.80. The standard InChI is InChI=1S/C12H14O6S/c1-15-10-4-3-9-5-6-16-11(9)12(10)17-7-8-18-19(2,13)14/h3-6H,7-8H2,1-2H3. The number of furan rings is 1. The molecule has 0 saturated carbocycles. The topological polar surface area (TPSA) is 75.0 Å². The molecule has 0 amide bonds. The van der Waals surface area contributed by atoms with E-state index in [-0.39, 0.29) is 13.2 Å². The maximum Gasteiger partial charge on any atom is 0.264 e. The van der Waals surface area contributed by atoms with Crippen molar-refractivity contribution >= 4 is 21.1 Å². The minimum Gasteiger partial charge on any atom is -0.493 e. The molecule has 7 heteroatoms. The SMILES string of the molecule is COc1ccc2ccoc2c1OCCOS(C)(=O)=O. The third-order valence-corrected chi connectivity index (χ3v) is 2.98. The van der Waals surface area contributed by atoms with Gasteiger partial charge in [0.15, 0.2) is 11.3 Å². The van der Waals surface area contributed by atoms with Crippen LogP contribution >= 0.6 is 0 Å². The van der Waals surface area contributed by atoms with Crippen LogP contribution in [0.4, 0.5) is 0 Å². The molecule has 104 valence electrons. The van der Waals surface area contributed by atoms with Crippen LogP contribution in [-0.4, -0.2) is 35.0 Å². The van der Waals surface area contributed by atoms with E-state index in [9.17, 15) is 8.42 Å². The normalized spacial score (nSPS) is 11.7. The zero-order chi connectivity index (χ0) is 13.9. The van der Waals surface area contributed by atoms with Crippen molar-refractivity contribution in [2.24, 2.45) is 0 Å². The first-order valence-corrected chi connectivity index (χ1v) is 7.34. The lowest BCUT2D eigenvalue weighted by atomic mass is 10.2. The summed E-state index contributed by atoms with van der Waals surface area (Å²) in [6, 6.07) is 5.40. The van der Waals surface area contributed by atoms with Crippen LogP contribution in [0, 0.1) is 0 Å². The van der Waals surface area contributed by atoms with Crippen LogP contribution in [0.25, 0.3) is 11.0 Å². The van der Waals surface area contributed by atoms with Crippen molar-refractivity contribution in [3.63, 3.8) is 0 Å². The van der Waals surface area contributed by atoms with Crippen molar-refractivity contribution in [2.75, 3.05) is 26.6 Å². The fourth-order valence-electron chi connectivity index (χ4n) is 1.61. The number of methoxy groups -OCH3 is 1. The van der Waals surface area contributed by atoms with Gasteiger partial charge in [0.05, 0.1) is 19.6 Å². The molecule has 1 heterocycles. The summed E-state index contributed by atoms with van der Waals surface area (Å²) in [6.45, 7) is 0.00231. The van der Waals surface area contributed by atoms with Gasteiger partial charge in [-0.1, -0.05) is 0 Å². The van der Waals surface area contributed by atoms with Crippen LogP contribution < -0.4 is 9.47 Å². The van der Waals surface area contributed by atoms with Crippen molar-refractivity contribution in [3.05, 3.63) is 24.5 Å². The molecule has 1 aromatic carbocycles. The van der Waals surface area contributed by atoms with Crippen LogP contribution in [0.1, 0.15) is 0 Å². The van der Waals surface area contributed by atoms with E-state index < -0.39 is 10.1 Å². The molecule has 0 aliphatic heterocycles. The summed E-state index contributed by atoms with van der Waals surface area (Å²) >= 11 is 0. The highest BCUT2D eigenvalue weighted by Gasteiger charge is 2.13. The van der Waals surface area contributed by atoms with Gasteiger partial charge in [0.1, 0.15) is 13.2 Å². The molecule has 2 rings (SSSR count). The van der Waals surface area contributed by atoms with Crippen LogP contribution in [0.2, 0.25) is 0 Å². The van der Waals surface area contributed by atoms with Gasteiger partial charge in [0.2, 0.25) is 5.75 Å². The Kier molecular flexibility index (Phi) is 3.96. The molecular weight excluding hydrogens is 272 g/mol. The second-order valence-corrected chi connectivity index (χ2v) is 5.45. The van der Waals surface area contributed by atoms with Crippen molar-refractivity contribution < 1.29 is 26.5 Å². The number of rotatable bonds is 6. The van der Waals surface area contributed by atoms with Gasteiger partial charge in [-0.05, 0) is 18.2 Å². The van der Waals surface area contributed by atoms with Crippen molar-refractivity contribution in [3.8, 4) is 11.5 Å². The third-order valence-electron chi connectivity index (χ3n) is 2.39. The average molecular weight is 286 g/mol. The Morgan fingerprint density at radius 2 is 2.00 bits per heavy atom. The molecule has 0 saturated heterocycles. The van der Waals surface area contributed by atoms with E-state index in [0.29, 0.717) is 17.1 Å². The molecule has 0 spiro atoms. The number of hydrogen-bond donors (Lipinski definition) is 0. The van der Waals surface area contributed by atoms with Crippen LogP contribution in [0.15, 0.2) is 28.9 Å². The minimum absolute atomic E-state index is 0.0704. The molecule has 19 heavy (non-hydrogen) atoms. The molecule has 6 nitrogen and oxygen atoms in total. The molecule has 0 fully saturated rings. The second kappa shape index (κ2) is 5.50. The molecular formula is C12H14O6S. The highest BCUT2D eigenvalue weighted by atomic mass is 32.2. The van der Waals surface area contributed by atoms with E-state index in [1.54, 1.807) is 18.4 Å². The Hall–Kier alpha value is -1.73. The number of fused-ring (bicyclic) bond motifs is 1. The first kappa shape index (κ1) is 13.7. The summed E-state index contributed by atoms with van der Waals surface area (Å²) in [5.74, 6) is 0.948. The van der Waals surface area contributed by atoms with E-state index in [1.165, 1.54) is 7.11 Å². The summed E-state index contributed by atoms with van der Waals surface area (Å²) in [4.78, 5) is 0. The fourth-order valence-corrected chi connectivity index (χ4v) is 1.99. The third kappa shape index (κ3) is 3.39. The highest BCUT2D eigenvalue weighted by Crippen LogP contribution is 2.36. The second-order valence-electron chi connectivity index (χ2n) is 3.81. The molecule has 0 radical (unpaired) electrons. The first-order valence-electron chi connectivity index (χ1n) is 5.52. The van der Waals surface area contributed by atoms with Gasteiger partial charge >= 0.3 is 0 Å². The van der Waals surface area contributed by atoms with Gasteiger partial charge in [-0.3, -0.25) is 4.18 Å². The lowest BCUT2D eigenvalue weighted by molar-refractivity contribution is 0.216. The monoisotopic (exact) mass is 286 g/mol. The number of ether oxygens (including phenoxy) is 2. The van der Waals surface area contributed by atoms with Crippen molar-refractivity contribution in [1.82, 2.24) is 0 Å². The Balaban J connectivity index is 2.12. The van der Waals surface area contributed by atoms with Gasteiger partial charge in [-0.2, -0.15) is 8.42 Å². The molecule has 0 unspecified atom stereocenters. The van der Waals surface area contributed by atoms with E-state index in [2.05, 4.69) is 4.18 Å². The lowest BCUT2D eigenvalue weighted by Crippen LogP contribution is -2.11. The van der Waals surface area contributed by atoms with Gasteiger partial charge in [0.25, 0.3) is 10.1 Å². The largest absolute Gasteiger partial charge is 0.493 e. The molecule has 0 atom stereocenters. The number of benzene rings is 1. The van der Waals surface area contributed by atoms with Crippen LogP contribution in [0.3, 0.4) is 0 Å². The Bertz CT molecular complexity index is 658. The zero-order valence-corrected chi connectivity index (χ0v) is 11.4. The Morgan fingerprint density at radius 3 is 2.68 bits per heavy atom. The number of hydrogen-bond acceptors (Lipinski definition) is 6. The van der Waals surface area contributed by atoms with Gasteiger partial charge in [0, 0.05) is 5.39 Å². The quantitative estimate of drug-likeness (QED) is 0.595. The van der Waals surface area contributed by atoms with Gasteiger partial charge < -0.3 is 13.9 Å². The zero-order valence-electron chi connectivity index (χ0n) is 10.6. The highest BCUT2D eigenvalue weighted by molar-refractivity contribution is 7.85. The van der Waals surface area contributed by atoms with Crippen LogP contribution in [-0.2, 0) is 14.3 Å². The molecule has 0 bridgehead atoms. The maximum absolute atomic E-state index is 10.8. The summed E-state index contributed by atoms with van der Waals surface area (Å²) < 4.78 is 42.2. The minimum atomic E-state index is -3.46. The van der Waals surface area contributed by atoms with Crippen molar-refractivity contribution in [1.29, 1.82) is 0 Å². The van der Waals surface area contributed by atoms with E-state index in [4.69, 9.17) is 13.9 Å². The van der Waals surface area contributed by atoms with Gasteiger partial charge in [-0.15, -0.1) is 0 Å². The van der Waals surface area contributed by atoms with E-state index >= 15 is 0 Å². The van der Waals surface area contributed by atoms with Crippen LogP contribution in [0.5, 0.6) is 11.5 Å². The van der Waals surface area contributed by atoms with E-state index in [1.807, 2.05) is 6.07 Å². The van der Waals surface area contributed by atoms with Gasteiger partial charge in [-0.25, -0.2) is 0 Å². The first-order chi connectivity index (χ1) is 9.01. The molecule has 0 aliphatic carbocycles. The summed E-state index contributed by atoms with van der Waals surface area (Å²) in [7, 11) is -1.94. The maximum atomic E-state index is 10.8. The molecule has 2 aromatic rings. The lowest BCUT2D eigenvalue weighted by Gasteiger charge is -2.10. The average Bonchev–Trinajstić information content (AvgIpc) is 2.81. The summed E-state index contributed by atoms with van der Waals surface area (Å²) in [5, 5.41) is 0.875. The fraction of sp³-hybridized carbons (Fsp3) is 0.333. The summed E-state index contributed by atoms with van der Waals surface area (Å²) in [6.07, 6.45) is 2.53. The predicted molar refractivity (Wildman–Crippen MR) is 69.1 cm³/mol. The summed E-state index contributed by atoms with van der Waals surface area (Å²) in [5.41, 5.74) is 0.554. The van der Waals surface area contributed by atoms with Crippen molar-refractivity contribution in [2.45, 2.75) is 0 Å². The molecule has 0 N–H and O–H groups in total. The molecule has 1 aromatic heterocycles.